The summed E-state index contributed by atoms with van der Waals surface area (Å²) >= 11 is 0. The third kappa shape index (κ3) is 2.46. The standard InChI is InChI=1S/C16H18N2.ClH/c17-11-5-6-12-18-15-9-3-1-7-13(15)14-8-2-4-10-16(14)18;/h1-4,7-10H,5-6,11-12,17H2;1H. The number of aryl methyl sites for hydroxylation is 1. The van der Waals surface area contributed by atoms with Crippen LogP contribution in [0.5, 0.6) is 0 Å². The minimum Gasteiger partial charge on any atom is -0.340 e. The number of unbranched alkanes of at least 4 members (excludes halogenated alkanes) is 1. The highest BCUT2D eigenvalue weighted by atomic mass is 35.5. The molecule has 1 aromatic heterocycles. The molecule has 0 unspecified atom stereocenters. The fraction of sp³-hybridized carbons (Fsp3) is 0.250. The maximum atomic E-state index is 5.58. The number of aromatic nitrogens is 1. The highest BCUT2D eigenvalue weighted by molar-refractivity contribution is 6.07. The largest absolute Gasteiger partial charge is 0.340 e. The van der Waals surface area contributed by atoms with Crippen molar-refractivity contribution >= 4 is 34.2 Å². The maximum absolute atomic E-state index is 5.58. The van der Waals surface area contributed by atoms with E-state index in [1.165, 1.54) is 21.8 Å². The molecule has 0 aliphatic heterocycles. The number of rotatable bonds is 4. The van der Waals surface area contributed by atoms with Crippen LogP contribution in [0.25, 0.3) is 21.8 Å². The molecule has 2 N–H and O–H groups in total. The van der Waals surface area contributed by atoms with Crippen LogP contribution >= 0.6 is 12.4 Å². The highest BCUT2D eigenvalue weighted by Crippen LogP contribution is 2.28. The summed E-state index contributed by atoms with van der Waals surface area (Å²) in [7, 11) is 0. The minimum absolute atomic E-state index is 0. The second-order valence-electron chi connectivity index (χ2n) is 4.68. The Balaban J connectivity index is 0.00000133. The third-order valence-corrected chi connectivity index (χ3v) is 3.52. The summed E-state index contributed by atoms with van der Waals surface area (Å²) in [5, 5.41) is 2.70. The Kier molecular flexibility index (Phi) is 4.46. The zero-order valence-corrected chi connectivity index (χ0v) is 11.7. The highest BCUT2D eigenvalue weighted by Gasteiger charge is 2.08. The summed E-state index contributed by atoms with van der Waals surface area (Å²) in [6.45, 7) is 1.82. The smallest absolute Gasteiger partial charge is 0.0491 e. The molecule has 3 aromatic rings. The fourth-order valence-corrected chi connectivity index (χ4v) is 2.66. The number of fused-ring (bicyclic) bond motifs is 3. The summed E-state index contributed by atoms with van der Waals surface area (Å²) in [5.74, 6) is 0. The summed E-state index contributed by atoms with van der Waals surface area (Å²) in [4.78, 5) is 0. The molecule has 3 rings (SSSR count). The summed E-state index contributed by atoms with van der Waals surface area (Å²) in [6.07, 6.45) is 2.22. The first-order chi connectivity index (χ1) is 8.92. The molecule has 0 fully saturated rings. The van der Waals surface area contributed by atoms with Crippen LogP contribution in [0.3, 0.4) is 0 Å². The van der Waals surface area contributed by atoms with E-state index >= 15 is 0 Å². The van der Waals surface area contributed by atoms with Crippen LogP contribution in [0.15, 0.2) is 48.5 Å². The lowest BCUT2D eigenvalue weighted by atomic mass is 10.2. The zero-order valence-electron chi connectivity index (χ0n) is 10.9. The normalized spacial score (nSPS) is 10.8. The van der Waals surface area contributed by atoms with E-state index in [0.717, 1.165) is 25.9 Å². The van der Waals surface area contributed by atoms with E-state index in [1.54, 1.807) is 0 Å². The Morgan fingerprint density at radius 1 is 0.789 bits per heavy atom. The molecule has 19 heavy (non-hydrogen) atoms. The zero-order chi connectivity index (χ0) is 12.4. The van der Waals surface area contributed by atoms with Gasteiger partial charge in [0.15, 0.2) is 0 Å². The van der Waals surface area contributed by atoms with E-state index in [1.807, 2.05) is 0 Å². The lowest BCUT2D eigenvalue weighted by molar-refractivity contribution is 0.643. The number of hydrogen-bond donors (Lipinski definition) is 1. The molecule has 0 aliphatic rings. The van der Waals surface area contributed by atoms with E-state index in [9.17, 15) is 0 Å². The van der Waals surface area contributed by atoms with Crippen LogP contribution in [-0.4, -0.2) is 11.1 Å². The van der Waals surface area contributed by atoms with Gasteiger partial charge in [0.25, 0.3) is 0 Å². The molecule has 0 saturated heterocycles. The molecule has 2 nitrogen and oxygen atoms in total. The van der Waals surface area contributed by atoms with E-state index in [-0.39, 0.29) is 12.4 Å². The summed E-state index contributed by atoms with van der Waals surface area (Å²) in [5.41, 5.74) is 8.24. The molecular weight excluding hydrogens is 256 g/mol. The van der Waals surface area contributed by atoms with Crippen LogP contribution in [0.4, 0.5) is 0 Å². The molecule has 0 amide bonds. The van der Waals surface area contributed by atoms with Gasteiger partial charge in [-0.2, -0.15) is 0 Å². The van der Waals surface area contributed by atoms with Crippen molar-refractivity contribution in [2.75, 3.05) is 6.54 Å². The second-order valence-corrected chi connectivity index (χ2v) is 4.68. The number of para-hydroxylation sites is 2. The Labute approximate surface area is 119 Å². The van der Waals surface area contributed by atoms with Gasteiger partial charge in [0.2, 0.25) is 0 Å². The van der Waals surface area contributed by atoms with Gasteiger partial charge in [0, 0.05) is 28.4 Å². The van der Waals surface area contributed by atoms with Crippen molar-refractivity contribution in [2.24, 2.45) is 5.73 Å². The van der Waals surface area contributed by atoms with E-state index < -0.39 is 0 Å². The molecule has 0 radical (unpaired) electrons. The van der Waals surface area contributed by atoms with Gasteiger partial charge in [-0.05, 0) is 31.5 Å². The summed E-state index contributed by atoms with van der Waals surface area (Å²) in [6, 6.07) is 17.3. The van der Waals surface area contributed by atoms with Gasteiger partial charge in [-0.25, -0.2) is 0 Å². The number of nitrogens with two attached hydrogens (primary N) is 1. The van der Waals surface area contributed by atoms with E-state index in [2.05, 4.69) is 53.1 Å². The van der Waals surface area contributed by atoms with Gasteiger partial charge < -0.3 is 10.3 Å². The Hall–Kier alpha value is -1.51. The van der Waals surface area contributed by atoms with E-state index in [4.69, 9.17) is 5.73 Å². The van der Waals surface area contributed by atoms with Crippen molar-refractivity contribution < 1.29 is 0 Å². The Bertz CT molecular complexity index is 619. The molecule has 0 saturated carbocycles. The number of nitrogens with zero attached hydrogens (tertiary/aromatic N) is 1. The number of halogens is 1. The Morgan fingerprint density at radius 2 is 1.32 bits per heavy atom. The average molecular weight is 275 g/mol. The van der Waals surface area contributed by atoms with Crippen LogP contribution in [0.2, 0.25) is 0 Å². The predicted octanol–water partition coefficient (Wildman–Crippen LogP) is 3.96. The van der Waals surface area contributed by atoms with Crippen molar-refractivity contribution in [1.82, 2.24) is 4.57 Å². The van der Waals surface area contributed by atoms with Crippen LogP contribution in [0.1, 0.15) is 12.8 Å². The van der Waals surface area contributed by atoms with Crippen molar-refractivity contribution in [3.05, 3.63) is 48.5 Å². The molecule has 0 atom stereocenters. The first kappa shape index (κ1) is 13.9. The minimum atomic E-state index is 0. The SMILES string of the molecule is Cl.NCCCCn1c2ccccc2c2ccccc21. The molecule has 0 spiro atoms. The first-order valence-corrected chi connectivity index (χ1v) is 6.58. The van der Waals surface area contributed by atoms with E-state index in [0.29, 0.717) is 0 Å². The monoisotopic (exact) mass is 274 g/mol. The molecule has 0 aliphatic carbocycles. The predicted molar refractivity (Wildman–Crippen MR) is 85.0 cm³/mol. The fourth-order valence-electron chi connectivity index (χ4n) is 2.66. The van der Waals surface area contributed by atoms with Crippen molar-refractivity contribution in [3.63, 3.8) is 0 Å². The van der Waals surface area contributed by atoms with Crippen LogP contribution < -0.4 is 5.73 Å². The third-order valence-electron chi connectivity index (χ3n) is 3.52. The molecule has 100 valence electrons. The lowest BCUT2D eigenvalue weighted by Gasteiger charge is -2.06. The van der Waals surface area contributed by atoms with Gasteiger partial charge in [0.1, 0.15) is 0 Å². The number of hydrogen-bond acceptors (Lipinski definition) is 1. The van der Waals surface area contributed by atoms with Gasteiger partial charge in [-0.15, -0.1) is 12.4 Å². The second kappa shape index (κ2) is 6.09. The maximum Gasteiger partial charge on any atom is 0.0491 e. The van der Waals surface area contributed by atoms with Gasteiger partial charge in [-0.3, -0.25) is 0 Å². The Morgan fingerprint density at radius 3 is 1.84 bits per heavy atom. The van der Waals surface area contributed by atoms with Gasteiger partial charge >= 0.3 is 0 Å². The topological polar surface area (TPSA) is 30.9 Å². The van der Waals surface area contributed by atoms with Crippen molar-refractivity contribution in [1.29, 1.82) is 0 Å². The quantitative estimate of drug-likeness (QED) is 0.718. The van der Waals surface area contributed by atoms with Gasteiger partial charge in [-0.1, -0.05) is 36.4 Å². The van der Waals surface area contributed by atoms with Crippen molar-refractivity contribution in [2.45, 2.75) is 19.4 Å². The molecule has 0 bridgehead atoms. The molecular formula is C16H19ClN2. The molecule has 2 aromatic carbocycles. The molecule has 1 heterocycles. The summed E-state index contributed by atoms with van der Waals surface area (Å²) < 4.78 is 2.42. The van der Waals surface area contributed by atoms with Crippen LogP contribution in [0, 0.1) is 0 Å². The first-order valence-electron chi connectivity index (χ1n) is 6.58. The lowest BCUT2D eigenvalue weighted by Crippen LogP contribution is -2.02. The molecule has 3 heteroatoms. The van der Waals surface area contributed by atoms with Crippen molar-refractivity contribution in [3.8, 4) is 0 Å². The van der Waals surface area contributed by atoms with Gasteiger partial charge in [0.05, 0.1) is 0 Å². The van der Waals surface area contributed by atoms with Crippen LogP contribution in [-0.2, 0) is 6.54 Å². The number of benzene rings is 2. The average Bonchev–Trinajstić information content (AvgIpc) is 2.74.